The van der Waals surface area contributed by atoms with E-state index >= 15 is 0 Å². The third kappa shape index (κ3) is 3.24. The Morgan fingerprint density at radius 2 is 2.00 bits per heavy atom. The summed E-state index contributed by atoms with van der Waals surface area (Å²) in [5.74, 6) is -0.440. The van der Waals surface area contributed by atoms with E-state index < -0.39 is 0 Å². The maximum atomic E-state index is 12.5. The lowest BCUT2D eigenvalue weighted by atomic mass is 9.96. The summed E-state index contributed by atoms with van der Waals surface area (Å²) < 4.78 is 0. The Labute approximate surface area is 138 Å². The normalized spacial score (nSPS) is 15.6. The highest BCUT2D eigenvalue weighted by Gasteiger charge is 2.26. The standard InChI is InChI=1S/C16H18N4O2S/c1-10-14(23-9-19-10)13-3-2-12(8-18-13)16(22)20-6-4-11(5-7-20)15(17)21/h2-3,8-9,11H,4-7H2,1H3,(H2,17,21). The number of carbonyl (C=O) groups is 2. The number of rotatable bonds is 3. The first kappa shape index (κ1) is 15.6. The van der Waals surface area contributed by atoms with E-state index in [0.29, 0.717) is 31.5 Å². The van der Waals surface area contributed by atoms with Crippen molar-refractivity contribution in [2.75, 3.05) is 13.1 Å². The number of primary amides is 1. The van der Waals surface area contributed by atoms with Gasteiger partial charge >= 0.3 is 0 Å². The van der Waals surface area contributed by atoms with Crippen molar-refractivity contribution in [1.82, 2.24) is 14.9 Å². The van der Waals surface area contributed by atoms with Gasteiger partial charge in [0.1, 0.15) is 0 Å². The number of aromatic nitrogens is 2. The molecule has 0 aliphatic carbocycles. The fraction of sp³-hybridized carbons (Fsp3) is 0.375. The number of piperidine rings is 1. The fourth-order valence-corrected chi connectivity index (χ4v) is 3.53. The first-order chi connectivity index (χ1) is 11.1. The molecule has 3 heterocycles. The van der Waals surface area contributed by atoms with E-state index in [1.165, 1.54) is 11.3 Å². The van der Waals surface area contributed by atoms with E-state index in [0.717, 1.165) is 16.3 Å². The van der Waals surface area contributed by atoms with Gasteiger partial charge in [0.15, 0.2) is 0 Å². The SMILES string of the molecule is Cc1ncsc1-c1ccc(C(=O)N2CCC(C(N)=O)CC2)cn1. The van der Waals surface area contributed by atoms with Crippen LogP contribution in [0.5, 0.6) is 0 Å². The average molecular weight is 330 g/mol. The Bertz CT molecular complexity index is 718. The van der Waals surface area contributed by atoms with E-state index in [4.69, 9.17) is 5.73 Å². The van der Waals surface area contributed by atoms with E-state index in [1.54, 1.807) is 22.7 Å². The number of thiazole rings is 1. The topological polar surface area (TPSA) is 89.2 Å². The third-order valence-electron chi connectivity index (χ3n) is 4.17. The Morgan fingerprint density at radius 3 is 2.52 bits per heavy atom. The zero-order valence-electron chi connectivity index (χ0n) is 12.9. The zero-order chi connectivity index (χ0) is 16.4. The molecule has 7 heteroatoms. The van der Waals surface area contributed by atoms with Crippen molar-refractivity contribution >= 4 is 23.2 Å². The van der Waals surface area contributed by atoms with Gasteiger partial charge < -0.3 is 10.6 Å². The Hall–Kier alpha value is -2.28. The van der Waals surface area contributed by atoms with Gasteiger partial charge in [-0.2, -0.15) is 0 Å². The summed E-state index contributed by atoms with van der Waals surface area (Å²) in [4.78, 5) is 35.1. The molecule has 0 bridgehead atoms. The lowest BCUT2D eigenvalue weighted by molar-refractivity contribution is -0.123. The van der Waals surface area contributed by atoms with E-state index in [-0.39, 0.29) is 17.7 Å². The van der Waals surface area contributed by atoms with Gasteiger partial charge in [0.25, 0.3) is 5.91 Å². The van der Waals surface area contributed by atoms with Gasteiger partial charge in [-0.15, -0.1) is 11.3 Å². The highest BCUT2D eigenvalue weighted by atomic mass is 32.1. The summed E-state index contributed by atoms with van der Waals surface area (Å²) in [7, 11) is 0. The molecule has 2 aromatic rings. The summed E-state index contributed by atoms with van der Waals surface area (Å²) in [5, 5.41) is 0. The molecule has 23 heavy (non-hydrogen) atoms. The maximum absolute atomic E-state index is 12.5. The van der Waals surface area contributed by atoms with E-state index in [9.17, 15) is 9.59 Å². The van der Waals surface area contributed by atoms with Gasteiger partial charge in [-0.1, -0.05) is 0 Å². The monoisotopic (exact) mass is 330 g/mol. The van der Waals surface area contributed by atoms with E-state index in [1.807, 2.05) is 13.0 Å². The van der Waals surface area contributed by atoms with Gasteiger partial charge in [-0.3, -0.25) is 14.6 Å². The highest BCUT2D eigenvalue weighted by Crippen LogP contribution is 2.25. The van der Waals surface area contributed by atoms with Crippen LogP contribution in [0.15, 0.2) is 23.8 Å². The van der Waals surface area contributed by atoms with Crippen molar-refractivity contribution < 1.29 is 9.59 Å². The van der Waals surface area contributed by atoms with Gasteiger partial charge in [0.05, 0.1) is 27.3 Å². The summed E-state index contributed by atoms with van der Waals surface area (Å²) >= 11 is 1.54. The van der Waals surface area contributed by atoms with Crippen LogP contribution < -0.4 is 5.73 Å². The molecule has 1 aliphatic heterocycles. The second-order valence-electron chi connectivity index (χ2n) is 5.67. The number of hydrogen-bond donors (Lipinski definition) is 1. The number of nitrogens with two attached hydrogens (primary N) is 1. The molecule has 1 saturated heterocycles. The van der Waals surface area contributed by atoms with Crippen LogP contribution in [0.25, 0.3) is 10.6 Å². The number of nitrogens with zero attached hydrogens (tertiary/aromatic N) is 3. The minimum atomic E-state index is -0.275. The number of pyridine rings is 1. The summed E-state index contributed by atoms with van der Waals surface area (Å²) in [5.41, 5.74) is 9.44. The molecule has 0 unspecified atom stereocenters. The van der Waals surface area contributed by atoms with Crippen LogP contribution in [0.1, 0.15) is 28.9 Å². The Kier molecular flexibility index (Phi) is 4.38. The predicted molar refractivity (Wildman–Crippen MR) is 87.9 cm³/mol. The minimum absolute atomic E-state index is 0.0482. The second-order valence-corrected chi connectivity index (χ2v) is 6.52. The van der Waals surface area contributed by atoms with Crippen molar-refractivity contribution in [3.63, 3.8) is 0 Å². The predicted octanol–water partition coefficient (Wildman–Crippen LogP) is 1.85. The minimum Gasteiger partial charge on any atom is -0.369 e. The molecule has 0 saturated carbocycles. The lowest BCUT2D eigenvalue weighted by Gasteiger charge is -2.30. The second kappa shape index (κ2) is 6.45. The molecule has 0 aromatic carbocycles. The molecule has 1 fully saturated rings. The first-order valence-electron chi connectivity index (χ1n) is 7.51. The molecule has 2 aromatic heterocycles. The molecule has 2 N–H and O–H groups in total. The van der Waals surface area contributed by atoms with Crippen molar-refractivity contribution in [2.45, 2.75) is 19.8 Å². The molecular formula is C16H18N4O2S. The largest absolute Gasteiger partial charge is 0.369 e. The smallest absolute Gasteiger partial charge is 0.255 e. The molecular weight excluding hydrogens is 312 g/mol. The summed E-state index contributed by atoms with van der Waals surface area (Å²) in [6.45, 7) is 3.06. The molecule has 120 valence electrons. The van der Waals surface area contributed by atoms with Crippen LogP contribution in [0, 0.1) is 12.8 Å². The number of aryl methyl sites for hydroxylation is 1. The van der Waals surface area contributed by atoms with E-state index in [2.05, 4.69) is 9.97 Å². The van der Waals surface area contributed by atoms with Crippen molar-refractivity contribution in [1.29, 1.82) is 0 Å². The summed E-state index contributed by atoms with van der Waals surface area (Å²) in [6, 6.07) is 3.65. The Balaban J connectivity index is 1.69. The summed E-state index contributed by atoms with van der Waals surface area (Å²) in [6.07, 6.45) is 2.87. The van der Waals surface area contributed by atoms with Crippen molar-refractivity contribution in [2.24, 2.45) is 11.7 Å². The van der Waals surface area contributed by atoms with Crippen LogP contribution in [-0.4, -0.2) is 39.8 Å². The number of hydrogen-bond acceptors (Lipinski definition) is 5. The lowest BCUT2D eigenvalue weighted by Crippen LogP contribution is -2.41. The molecule has 3 rings (SSSR count). The van der Waals surface area contributed by atoms with Crippen LogP contribution in [0.2, 0.25) is 0 Å². The molecule has 0 spiro atoms. The quantitative estimate of drug-likeness (QED) is 0.930. The maximum Gasteiger partial charge on any atom is 0.255 e. The molecule has 1 aliphatic rings. The molecule has 0 atom stereocenters. The zero-order valence-corrected chi connectivity index (χ0v) is 13.7. The molecule has 2 amide bonds. The van der Waals surface area contributed by atoms with Crippen LogP contribution in [-0.2, 0) is 4.79 Å². The van der Waals surface area contributed by atoms with Crippen LogP contribution >= 0.6 is 11.3 Å². The molecule has 0 radical (unpaired) electrons. The number of amides is 2. The van der Waals surface area contributed by atoms with Crippen LogP contribution in [0.4, 0.5) is 0 Å². The Morgan fingerprint density at radius 1 is 1.26 bits per heavy atom. The number of carbonyl (C=O) groups excluding carboxylic acids is 2. The number of likely N-dealkylation sites (tertiary alicyclic amines) is 1. The van der Waals surface area contributed by atoms with Gasteiger partial charge in [0, 0.05) is 25.2 Å². The molecule has 6 nitrogen and oxygen atoms in total. The highest BCUT2D eigenvalue weighted by molar-refractivity contribution is 7.13. The van der Waals surface area contributed by atoms with Crippen LogP contribution in [0.3, 0.4) is 0 Å². The van der Waals surface area contributed by atoms with Gasteiger partial charge in [0.2, 0.25) is 5.91 Å². The third-order valence-corrected chi connectivity index (χ3v) is 5.12. The fourth-order valence-electron chi connectivity index (χ4n) is 2.75. The van der Waals surface area contributed by atoms with Crippen molar-refractivity contribution in [3.8, 4) is 10.6 Å². The van der Waals surface area contributed by atoms with Gasteiger partial charge in [-0.25, -0.2) is 4.98 Å². The van der Waals surface area contributed by atoms with Crippen molar-refractivity contribution in [3.05, 3.63) is 35.1 Å². The average Bonchev–Trinajstić information content (AvgIpc) is 3.00. The van der Waals surface area contributed by atoms with Gasteiger partial charge in [-0.05, 0) is 31.9 Å². The first-order valence-corrected chi connectivity index (χ1v) is 8.39.